The van der Waals surface area contributed by atoms with Gasteiger partial charge in [0.25, 0.3) is 0 Å². The lowest BCUT2D eigenvalue weighted by molar-refractivity contribution is 0.328. The van der Waals surface area contributed by atoms with Gasteiger partial charge in [0.2, 0.25) is 0 Å². The van der Waals surface area contributed by atoms with Crippen molar-refractivity contribution in [1.29, 1.82) is 0 Å². The lowest BCUT2D eigenvalue weighted by atomic mass is 9.91. The summed E-state index contributed by atoms with van der Waals surface area (Å²) in [5, 5.41) is 0. The Labute approximate surface area is 149 Å². The van der Waals surface area contributed by atoms with Crippen LogP contribution in [0.15, 0.2) is 89.8 Å². The second-order valence-electron chi connectivity index (χ2n) is 5.90. The standard InChI is InChI=1S/C21H18O3S/c22-25(18-11-5-2-6-12-18)16-23-20-14-8-7-13-19(20)21(15-24-21)17-9-3-1-4-10-17/h1-14H,15-16H2. The van der Waals surface area contributed by atoms with E-state index in [4.69, 9.17) is 9.47 Å². The molecule has 4 rings (SSSR count). The second kappa shape index (κ2) is 6.82. The summed E-state index contributed by atoms with van der Waals surface area (Å²) in [7, 11) is -1.21. The topological polar surface area (TPSA) is 38.8 Å². The molecular formula is C21H18O3S. The zero-order valence-corrected chi connectivity index (χ0v) is 14.4. The highest BCUT2D eigenvalue weighted by atomic mass is 32.2. The predicted molar refractivity (Wildman–Crippen MR) is 98.0 cm³/mol. The number of epoxide rings is 1. The Morgan fingerprint density at radius 2 is 1.48 bits per heavy atom. The number of para-hydroxylation sites is 1. The molecule has 3 aromatic carbocycles. The van der Waals surface area contributed by atoms with Crippen LogP contribution in [0.1, 0.15) is 11.1 Å². The van der Waals surface area contributed by atoms with Crippen LogP contribution in [-0.2, 0) is 21.1 Å². The largest absolute Gasteiger partial charge is 0.480 e. The Bertz CT molecular complexity index is 874. The second-order valence-corrected chi connectivity index (χ2v) is 7.30. The van der Waals surface area contributed by atoms with E-state index in [1.54, 1.807) is 0 Å². The van der Waals surface area contributed by atoms with Gasteiger partial charge >= 0.3 is 0 Å². The first-order valence-corrected chi connectivity index (χ1v) is 9.47. The van der Waals surface area contributed by atoms with Crippen LogP contribution in [0, 0.1) is 0 Å². The average Bonchev–Trinajstić information content (AvgIpc) is 3.50. The molecule has 1 aliphatic heterocycles. The average molecular weight is 350 g/mol. The minimum atomic E-state index is -1.21. The molecule has 2 unspecified atom stereocenters. The Kier molecular flexibility index (Phi) is 4.38. The quantitative estimate of drug-likeness (QED) is 0.628. The maximum Gasteiger partial charge on any atom is 0.167 e. The lowest BCUT2D eigenvalue weighted by Crippen LogP contribution is -2.14. The molecule has 3 aromatic rings. The molecule has 0 spiro atoms. The van der Waals surface area contributed by atoms with Crippen LogP contribution < -0.4 is 4.74 Å². The van der Waals surface area contributed by atoms with E-state index in [0.717, 1.165) is 16.0 Å². The van der Waals surface area contributed by atoms with E-state index >= 15 is 0 Å². The zero-order chi connectivity index (χ0) is 17.1. The van der Waals surface area contributed by atoms with Gasteiger partial charge in [-0.05, 0) is 23.8 Å². The summed E-state index contributed by atoms with van der Waals surface area (Å²) in [6.45, 7) is 0.624. The van der Waals surface area contributed by atoms with Crippen LogP contribution in [0.3, 0.4) is 0 Å². The van der Waals surface area contributed by atoms with Crippen molar-refractivity contribution in [3.63, 3.8) is 0 Å². The molecule has 0 radical (unpaired) electrons. The summed E-state index contributed by atoms with van der Waals surface area (Å²) >= 11 is 0. The summed E-state index contributed by atoms with van der Waals surface area (Å²) < 4.78 is 24.2. The van der Waals surface area contributed by atoms with E-state index in [9.17, 15) is 4.21 Å². The molecule has 0 N–H and O–H groups in total. The fourth-order valence-corrected chi connectivity index (χ4v) is 3.77. The van der Waals surface area contributed by atoms with Crippen molar-refractivity contribution in [2.75, 3.05) is 12.5 Å². The third-order valence-electron chi connectivity index (χ3n) is 4.32. The fourth-order valence-electron chi connectivity index (χ4n) is 2.94. The van der Waals surface area contributed by atoms with Crippen molar-refractivity contribution in [3.05, 3.63) is 96.1 Å². The van der Waals surface area contributed by atoms with Crippen LogP contribution in [0.2, 0.25) is 0 Å². The van der Waals surface area contributed by atoms with Crippen LogP contribution in [0.4, 0.5) is 0 Å². The molecule has 0 bridgehead atoms. The molecule has 126 valence electrons. The maximum atomic E-state index is 12.4. The van der Waals surface area contributed by atoms with Gasteiger partial charge in [-0.2, -0.15) is 0 Å². The molecule has 1 fully saturated rings. The van der Waals surface area contributed by atoms with Gasteiger partial charge in [-0.1, -0.05) is 66.7 Å². The first-order chi connectivity index (χ1) is 12.3. The van der Waals surface area contributed by atoms with E-state index in [1.165, 1.54) is 0 Å². The SMILES string of the molecule is O=S(COc1ccccc1C1(c2ccccc2)CO1)c1ccccc1. The summed E-state index contributed by atoms with van der Waals surface area (Å²) in [4.78, 5) is 0.764. The number of rotatable bonds is 6. The van der Waals surface area contributed by atoms with E-state index in [2.05, 4.69) is 12.1 Å². The molecule has 4 heteroatoms. The molecule has 25 heavy (non-hydrogen) atoms. The van der Waals surface area contributed by atoms with Crippen LogP contribution in [-0.4, -0.2) is 16.8 Å². The summed E-state index contributed by atoms with van der Waals surface area (Å²) in [6.07, 6.45) is 0. The van der Waals surface area contributed by atoms with Gasteiger partial charge in [0.1, 0.15) is 11.4 Å². The third-order valence-corrected chi connectivity index (χ3v) is 5.45. The number of hydrogen-bond acceptors (Lipinski definition) is 3. The van der Waals surface area contributed by atoms with Gasteiger partial charge in [-0.25, -0.2) is 0 Å². The number of benzene rings is 3. The fraction of sp³-hybridized carbons (Fsp3) is 0.143. The molecule has 0 aliphatic carbocycles. The summed E-state index contributed by atoms with van der Waals surface area (Å²) in [6, 6.07) is 27.3. The van der Waals surface area contributed by atoms with Gasteiger partial charge < -0.3 is 9.47 Å². The third kappa shape index (κ3) is 3.23. The van der Waals surface area contributed by atoms with Crippen molar-refractivity contribution < 1.29 is 13.7 Å². The van der Waals surface area contributed by atoms with E-state index < -0.39 is 16.4 Å². The van der Waals surface area contributed by atoms with Crippen molar-refractivity contribution in [2.24, 2.45) is 0 Å². The van der Waals surface area contributed by atoms with Crippen LogP contribution in [0.5, 0.6) is 5.75 Å². The molecule has 1 heterocycles. The molecule has 1 saturated heterocycles. The molecule has 0 amide bonds. The van der Waals surface area contributed by atoms with Crippen molar-refractivity contribution >= 4 is 10.8 Å². The smallest absolute Gasteiger partial charge is 0.167 e. The Hall–Kier alpha value is -2.43. The highest BCUT2D eigenvalue weighted by molar-refractivity contribution is 7.84. The molecular weight excluding hydrogens is 332 g/mol. The zero-order valence-electron chi connectivity index (χ0n) is 13.6. The monoisotopic (exact) mass is 350 g/mol. The molecule has 0 aromatic heterocycles. The van der Waals surface area contributed by atoms with E-state index in [0.29, 0.717) is 12.4 Å². The first kappa shape index (κ1) is 16.1. The van der Waals surface area contributed by atoms with Crippen molar-refractivity contribution in [2.45, 2.75) is 10.5 Å². The van der Waals surface area contributed by atoms with Gasteiger partial charge in [-0.15, -0.1) is 0 Å². The summed E-state index contributed by atoms with van der Waals surface area (Å²) in [5.41, 5.74) is 1.63. The van der Waals surface area contributed by atoms with Gasteiger partial charge in [0.05, 0.1) is 17.4 Å². The highest BCUT2D eigenvalue weighted by Crippen LogP contribution is 2.48. The Morgan fingerprint density at radius 3 is 2.16 bits per heavy atom. The molecule has 3 nitrogen and oxygen atoms in total. The highest BCUT2D eigenvalue weighted by Gasteiger charge is 2.49. The van der Waals surface area contributed by atoms with Crippen LogP contribution >= 0.6 is 0 Å². The van der Waals surface area contributed by atoms with Gasteiger partial charge in [0.15, 0.2) is 5.94 Å². The van der Waals surface area contributed by atoms with E-state index in [-0.39, 0.29) is 5.94 Å². The summed E-state index contributed by atoms with van der Waals surface area (Å²) in [5.74, 6) is 0.833. The normalized spacial score (nSPS) is 20.0. The van der Waals surface area contributed by atoms with Crippen molar-refractivity contribution in [3.8, 4) is 5.75 Å². The minimum absolute atomic E-state index is 0.117. The predicted octanol–water partition coefficient (Wildman–Crippen LogP) is 4.10. The van der Waals surface area contributed by atoms with Crippen molar-refractivity contribution in [1.82, 2.24) is 0 Å². The number of ether oxygens (including phenoxy) is 2. The van der Waals surface area contributed by atoms with E-state index in [1.807, 2.05) is 72.8 Å². The molecule has 0 saturated carbocycles. The maximum absolute atomic E-state index is 12.4. The van der Waals surface area contributed by atoms with Crippen LogP contribution in [0.25, 0.3) is 0 Å². The Balaban J connectivity index is 1.57. The first-order valence-electron chi connectivity index (χ1n) is 8.15. The number of hydrogen-bond donors (Lipinski definition) is 0. The van der Waals surface area contributed by atoms with Gasteiger partial charge in [0, 0.05) is 10.5 Å². The molecule has 2 atom stereocenters. The van der Waals surface area contributed by atoms with Gasteiger partial charge in [-0.3, -0.25) is 4.21 Å². The minimum Gasteiger partial charge on any atom is -0.480 e. The molecule has 1 aliphatic rings. The Morgan fingerprint density at radius 1 is 0.880 bits per heavy atom. The lowest BCUT2D eigenvalue weighted by Gasteiger charge is -2.17.